The number of hydrogen-bond acceptors (Lipinski definition) is 4. The second kappa shape index (κ2) is 6.19. The van der Waals surface area contributed by atoms with Crippen molar-refractivity contribution in [3.8, 4) is 0 Å². The van der Waals surface area contributed by atoms with Gasteiger partial charge >= 0.3 is 0 Å². The highest BCUT2D eigenvalue weighted by Crippen LogP contribution is 2.34. The summed E-state index contributed by atoms with van der Waals surface area (Å²) < 4.78 is 13.4. The Morgan fingerprint density at radius 2 is 1.92 bits per heavy atom. The first kappa shape index (κ1) is 16.1. The molecule has 0 radical (unpaired) electrons. The van der Waals surface area contributed by atoms with Crippen LogP contribution in [-0.2, 0) is 6.54 Å². The first-order valence-corrected chi connectivity index (χ1v) is 8.62. The molecule has 6 heteroatoms. The molecule has 25 heavy (non-hydrogen) atoms. The number of hydrogen-bond donors (Lipinski definition) is 0. The van der Waals surface area contributed by atoms with Crippen LogP contribution in [0.1, 0.15) is 34.0 Å². The second-order valence-corrected chi connectivity index (χ2v) is 6.98. The molecule has 5 rings (SSSR count). The Hall–Kier alpha value is -2.34. The van der Waals surface area contributed by atoms with Gasteiger partial charge < -0.3 is 4.90 Å². The zero-order chi connectivity index (χ0) is 17.6. The molecule has 2 aromatic heterocycles. The van der Waals surface area contributed by atoms with Crippen molar-refractivity contribution in [2.45, 2.75) is 38.9 Å². The summed E-state index contributed by atoms with van der Waals surface area (Å²) in [7, 11) is 0. The van der Waals surface area contributed by atoms with Gasteiger partial charge in [-0.05, 0) is 44.5 Å². The number of carbonyl (C=O) groups excluding carboxylic acids is 1. The van der Waals surface area contributed by atoms with Gasteiger partial charge in [0, 0.05) is 37.4 Å². The topological polar surface area (TPSA) is 49.3 Å². The number of pyridine rings is 2. The van der Waals surface area contributed by atoms with E-state index in [-0.39, 0.29) is 29.5 Å². The number of piperazine rings is 1. The minimum atomic E-state index is -0.378. The number of halogens is 1. The smallest absolute Gasteiger partial charge is 0.273 e. The average Bonchev–Trinajstić information content (AvgIpc) is 2.57. The highest BCUT2D eigenvalue weighted by atomic mass is 19.1. The van der Waals surface area contributed by atoms with Crippen molar-refractivity contribution < 1.29 is 9.18 Å². The van der Waals surface area contributed by atoms with E-state index in [0.717, 1.165) is 37.4 Å². The lowest BCUT2D eigenvalue weighted by Crippen LogP contribution is -2.69. The Labute approximate surface area is 146 Å². The van der Waals surface area contributed by atoms with Crippen LogP contribution in [0.15, 0.2) is 30.3 Å². The first-order valence-electron chi connectivity index (χ1n) is 8.62. The van der Waals surface area contributed by atoms with E-state index in [1.807, 2.05) is 30.0 Å². The molecule has 3 aliphatic heterocycles. The maximum atomic E-state index is 13.4. The maximum absolute atomic E-state index is 13.4. The summed E-state index contributed by atoms with van der Waals surface area (Å²) in [6.45, 7) is 6.08. The third-order valence-electron chi connectivity index (χ3n) is 5.08. The van der Waals surface area contributed by atoms with Crippen LogP contribution in [0.25, 0.3) is 0 Å². The Morgan fingerprint density at radius 3 is 2.60 bits per heavy atom. The third kappa shape index (κ3) is 3.02. The first-order chi connectivity index (χ1) is 12.0. The average molecular weight is 340 g/mol. The number of fused-ring (bicyclic) bond motifs is 2. The molecule has 0 aliphatic carbocycles. The van der Waals surface area contributed by atoms with Crippen LogP contribution in [-0.4, -0.2) is 50.8 Å². The van der Waals surface area contributed by atoms with Gasteiger partial charge in [0.2, 0.25) is 0 Å². The summed E-state index contributed by atoms with van der Waals surface area (Å²) >= 11 is 0. The van der Waals surface area contributed by atoms with Gasteiger partial charge in [0.25, 0.3) is 5.91 Å². The number of aromatic nitrogens is 2. The summed E-state index contributed by atoms with van der Waals surface area (Å²) in [5.74, 6) is -0.463. The summed E-state index contributed by atoms with van der Waals surface area (Å²) in [6.07, 6.45) is 1.03. The lowest BCUT2D eigenvalue weighted by Gasteiger charge is -2.56. The lowest BCUT2D eigenvalue weighted by atomic mass is 9.86. The Kier molecular flexibility index (Phi) is 4.00. The van der Waals surface area contributed by atoms with E-state index in [4.69, 9.17) is 0 Å². The summed E-state index contributed by atoms with van der Waals surface area (Å²) in [6, 6.07) is 9.29. The van der Waals surface area contributed by atoms with Gasteiger partial charge in [-0.3, -0.25) is 14.7 Å². The van der Waals surface area contributed by atoms with E-state index in [2.05, 4.69) is 14.9 Å². The summed E-state index contributed by atoms with van der Waals surface area (Å²) in [5.41, 5.74) is 2.69. The van der Waals surface area contributed by atoms with Gasteiger partial charge in [-0.15, -0.1) is 0 Å². The van der Waals surface area contributed by atoms with Crippen LogP contribution in [0.5, 0.6) is 0 Å². The predicted molar refractivity (Wildman–Crippen MR) is 91.5 cm³/mol. The van der Waals surface area contributed by atoms with Crippen LogP contribution < -0.4 is 0 Å². The fourth-order valence-corrected chi connectivity index (χ4v) is 3.87. The lowest BCUT2D eigenvalue weighted by molar-refractivity contribution is -0.0506. The van der Waals surface area contributed by atoms with E-state index >= 15 is 0 Å². The molecule has 0 N–H and O–H groups in total. The molecule has 3 saturated heterocycles. The zero-order valence-electron chi connectivity index (χ0n) is 14.4. The molecule has 0 saturated carbocycles. The number of carbonyl (C=O) groups is 1. The fraction of sp³-hybridized carbons (Fsp3) is 0.421. The van der Waals surface area contributed by atoms with Crippen molar-refractivity contribution in [1.29, 1.82) is 0 Å². The standard InChI is InChI=1S/C19H21FN4O/c1-12-4-3-5-14(21-12)9-23-10-15-8-16(11-23)24(15)19(25)18-7-6-17(20)13(2)22-18/h3-7,15-16H,8-11H2,1-2H3. The van der Waals surface area contributed by atoms with Gasteiger partial charge in [0.15, 0.2) is 0 Å². The van der Waals surface area contributed by atoms with Crippen LogP contribution in [0.3, 0.4) is 0 Å². The zero-order valence-corrected chi connectivity index (χ0v) is 14.4. The Balaban J connectivity index is 1.43. The minimum Gasteiger partial charge on any atom is -0.329 e. The molecule has 5 nitrogen and oxygen atoms in total. The molecule has 2 atom stereocenters. The number of nitrogens with zero attached hydrogens (tertiary/aromatic N) is 4. The largest absolute Gasteiger partial charge is 0.329 e. The fourth-order valence-electron chi connectivity index (χ4n) is 3.87. The van der Waals surface area contributed by atoms with Crippen molar-refractivity contribution in [2.75, 3.05) is 13.1 Å². The highest BCUT2D eigenvalue weighted by Gasteiger charge is 2.47. The van der Waals surface area contributed by atoms with E-state index < -0.39 is 0 Å². The molecule has 2 aromatic rings. The SMILES string of the molecule is Cc1cccc(CN2CC3CC(C2)N3C(=O)c2ccc(F)c(C)n2)n1. The van der Waals surface area contributed by atoms with Crippen molar-refractivity contribution in [3.05, 3.63) is 58.9 Å². The number of amides is 1. The molecule has 0 spiro atoms. The second-order valence-electron chi connectivity index (χ2n) is 6.98. The molecule has 1 amide bonds. The molecule has 2 bridgehead atoms. The van der Waals surface area contributed by atoms with E-state index in [1.165, 1.54) is 12.1 Å². The molecular weight excluding hydrogens is 319 g/mol. The summed E-state index contributed by atoms with van der Waals surface area (Å²) in [4.78, 5) is 25.7. The van der Waals surface area contributed by atoms with E-state index in [9.17, 15) is 9.18 Å². The Bertz CT molecular complexity index is 813. The van der Waals surface area contributed by atoms with Crippen LogP contribution in [0.4, 0.5) is 4.39 Å². The maximum Gasteiger partial charge on any atom is 0.273 e. The molecule has 5 heterocycles. The van der Waals surface area contributed by atoms with Gasteiger partial charge in [0.1, 0.15) is 11.5 Å². The number of rotatable bonds is 3. The van der Waals surface area contributed by atoms with Crippen LogP contribution in [0, 0.1) is 19.7 Å². The van der Waals surface area contributed by atoms with Gasteiger partial charge in [-0.1, -0.05) is 6.07 Å². The minimum absolute atomic E-state index is 0.0855. The molecule has 3 aliphatic rings. The van der Waals surface area contributed by atoms with Crippen molar-refractivity contribution in [2.24, 2.45) is 0 Å². The van der Waals surface area contributed by atoms with Crippen molar-refractivity contribution in [3.63, 3.8) is 0 Å². The Morgan fingerprint density at radius 1 is 1.16 bits per heavy atom. The van der Waals surface area contributed by atoms with Crippen LogP contribution >= 0.6 is 0 Å². The molecule has 130 valence electrons. The molecule has 0 aromatic carbocycles. The highest BCUT2D eigenvalue weighted by molar-refractivity contribution is 5.93. The van der Waals surface area contributed by atoms with Crippen molar-refractivity contribution >= 4 is 5.91 Å². The molecule has 2 unspecified atom stereocenters. The molecular formula is C19H21FN4O. The normalized spacial score (nSPS) is 22.6. The predicted octanol–water partition coefficient (Wildman–Crippen LogP) is 2.33. The van der Waals surface area contributed by atoms with Gasteiger partial charge in [0.05, 0.1) is 11.4 Å². The third-order valence-corrected chi connectivity index (χ3v) is 5.08. The molecule has 3 fully saturated rings. The van der Waals surface area contributed by atoms with E-state index in [1.54, 1.807) is 6.92 Å². The quantitative estimate of drug-likeness (QED) is 0.860. The van der Waals surface area contributed by atoms with Gasteiger partial charge in [-0.2, -0.15) is 0 Å². The van der Waals surface area contributed by atoms with Crippen molar-refractivity contribution in [1.82, 2.24) is 19.8 Å². The number of piperidine rings is 1. The van der Waals surface area contributed by atoms with Gasteiger partial charge in [-0.25, -0.2) is 9.37 Å². The monoisotopic (exact) mass is 340 g/mol. The van der Waals surface area contributed by atoms with Crippen LogP contribution in [0.2, 0.25) is 0 Å². The number of aryl methyl sites for hydroxylation is 2. The van der Waals surface area contributed by atoms with E-state index in [0.29, 0.717) is 5.69 Å². The summed E-state index contributed by atoms with van der Waals surface area (Å²) in [5, 5.41) is 0.